The number of amides is 1. The van der Waals surface area contributed by atoms with E-state index >= 15 is 0 Å². The summed E-state index contributed by atoms with van der Waals surface area (Å²) in [5.74, 6) is -0.251. The van der Waals surface area contributed by atoms with E-state index in [0.717, 1.165) is 10.00 Å². The lowest BCUT2D eigenvalue weighted by atomic mass is 10.2. The first-order valence-corrected chi connectivity index (χ1v) is 7.78. The van der Waals surface area contributed by atoms with Gasteiger partial charge in [-0.1, -0.05) is 0 Å². The molecular weight excluding hydrogens is 290 g/mol. The Labute approximate surface area is 123 Å². The lowest BCUT2D eigenvalue weighted by Gasteiger charge is -2.11. The lowest BCUT2D eigenvalue weighted by Crippen LogP contribution is -2.24. The molecule has 1 heterocycles. The maximum atomic E-state index is 11.9. The van der Waals surface area contributed by atoms with Gasteiger partial charge in [0.25, 0.3) is 5.91 Å². The highest BCUT2D eigenvalue weighted by molar-refractivity contribution is 7.89. The van der Waals surface area contributed by atoms with E-state index < -0.39 is 10.0 Å². The fraction of sp³-hybridized carbons (Fsp3) is 0.214. The van der Waals surface area contributed by atoms with Gasteiger partial charge in [0.15, 0.2) is 0 Å². The summed E-state index contributed by atoms with van der Waals surface area (Å²) in [4.78, 5) is 15.1. The van der Waals surface area contributed by atoms with Crippen LogP contribution in [0.2, 0.25) is 0 Å². The Morgan fingerprint density at radius 3 is 2.38 bits per heavy atom. The van der Waals surface area contributed by atoms with Gasteiger partial charge in [-0.25, -0.2) is 12.7 Å². The smallest absolute Gasteiger partial charge is 0.251 e. The summed E-state index contributed by atoms with van der Waals surface area (Å²) in [7, 11) is -0.541. The van der Waals surface area contributed by atoms with Crippen molar-refractivity contribution in [2.24, 2.45) is 0 Å². The van der Waals surface area contributed by atoms with Crippen LogP contribution in [-0.4, -0.2) is 37.7 Å². The average Bonchev–Trinajstić information content (AvgIpc) is 2.98. The number of carbonyl (C=O) groups excluding carboxylic acids is 1. The van der Waals surface area contributed by atoms with Crippen LogP contribution in [0.4, 0.5) is 0 Å². The molecule has 0 aliphatic heterocycles. The molecule has 0 radical (unpaired) electrons. The minimum Gasteiger partial charge on any atom is -0.364 e. The molecular formula is C14H17N3O3S. The van der Waals surface area contributed by atoms with Crippen LogP contribution in [0.5, 0.6) is 0 Å². The van der Waals surface area contributed by atoms with Gasteiger partial charge in [0, 0.05) is 31.5 Å². The van der Waals surface area contributed by atoms with Crippen LogP contribution in [0.3, 0.4) is 0 Å². The first-order valence-electron chi connectivity index (χ1n) is 6.34. The largest absolute Gasteiger partial charge is 0.364 e. The first-order chi connectivity index (χ1) is 9.91. The maximum absolute atomic E-state index is 11.9. The van der Waals surface area contributed by atoms with Crippen molar-refractivity contribution in [2.75, 3.05) is 14.1 Å². The topological polar surface area (TPSA) is 82.3 Å². The Balaban J connectivity index is 2.07. The van der Waals surface area contributed by atoms with Crippen LogP contribution in [0, 0.1) is 0 Å². The molecule has 1 amide bonds. The number of carbonyl (C=O) groups is 1. The molecule has 112 valence electrons. The molecule has 0 saturated heterocycles. The zero-order valence-corrected chi connectivity index (χ0v) is 12.6. The predicted octanol–water partition coefficient (Wildman–Crippen LogP) is 1.19. The molecule has 7 heteroatoms. The second kappa shape index (κ2) is 6.11. The Bertz CT molecular complexity index is 704. The van der Waals surface area contributed by atoms with Crippen molar-refractivity contribution < 1.29 is 13.2 Å². The minimum atomic E-state index is -3.47. The van der Waals surface area contributed by atoms with E-state index in [1.807, 2.05) is 12.1 Å². The van der Waals surface area contributed by atoms with Crippen LogP contribution in [0.1, 0.15) is 16.1 Å². The summed E-state index contributed by atoms with van der Waals surface area (Å²) >= 11 is 0. The van der Waals surface area contributed by atoms with Crippen molar-refractivity contribution in [1.82, 2.24) is 14.6 Å². The van der Waals surface area contributed by atoms with Crippen LogP contribution in [0.15, 0.2) is 47.5 Å². The van der Waals surface area contributed by atoms with Gasteiger partial charge >= 0.3 is 0 Å². The molecule has 0 atom stereocenters. The van der Waals surface area contributed by atoms with E-state index in [2.05, 4.69) is 10.3 Å². The molecule has 1 aromatic carbocycles. The molecule has 2 rings (SSSR count). The van der Waals surface area contributed by atoms with E-state index in [1.54, 1.807) is 6.20 Å². The van der Waals surface area contributed by atoms with Gasteiger partial charge in [-0.15, -0.1) is 0 Å². The monoisotopic (exact) mass is 307 g/mol. The van der Waals surface area contributed by atoms with Gasteiger partial charge in [0.05, 0.1) is 11.4 Å². The Kier molecular flexibility index (Phi) is 4.44. The van der Waals surface area contributed by atoms with Crippen LogP contribution >= 0.6 is 0 Å². The minimum absolute atomic E-state index is 0.161. The molecule has 21 heavy (non-hydrogen) atoms. The number of aromatic amines is 1. The van der Waals surface area contributed by atoms with Crippen molar-refractivity contribution in [3.05, 3.63) is 53.9 Å². The Hall–Kier alpha value is -2.12. The number of nitrogens with zero attached hydrogens (tertiary/aromatic N) is 1. The standard InChI is InChI=1S/C14H17N3O3S/c1-17(2)21(19,20)13-7-5-11(6-8-13)14(18)16-10-12-4-3-9-15-12/h3-9,15H,10H2,1-2H3,(H,16,18). The second-order valence-corrected chi connectivity index (χ2v) is 6.84. The number of sulfonamides is 1. The average molecular weight is 307 g/mol. The lowest BCUT2D eigenvalue weighted by molar-refractivity contribution is 0.0950. The van der Waals surface area contributed by atoms with E-state index in [-0.39, 0.29) is 10.8 Å². The van der Waals surface area contributed by atoms with Gasteiger partial charge in [-0.3, -0.25) is 4.79 Å². The number of hydrogen-bond acceptors (Lipinski definition) is 3. The fourth-order valence-electron chi connectivity index (χ4n) is 1.74. The van der Waals surface area contributed by atoms with Crippen molar-refractivity contribution >= 4 is 15.9 Å². The molecule has 2 aromatic rings. The van der Waals surface area contributed by atoms with Gasteiger partial charge in [0.2, 0.25) is 10.0 Å². The highest BCUT2D eigenvalue weighted by Gasteiger charge is 2.17. The summed E-state index contributed by atoms with van der Waals surface area (Å²) < 4.78 is 25.0. The molecule has 1 aromatic heterocycles. The molecule has 0 fully saturated rings. The number of aromatic nitrogens is 1. The van der Waals surface area contributed by atoms with Crippen molar-refractivity contribution in [3.8, 4) is 0 Å². The zero-order valence-electron chi connectivity index (χ0n) is 11.8. The van der Waals surface area contributed by atoms with Crippen molar-refractivity contribution in [1.29, 1.82) is 0 Å². The quantitative estimate of drug-likeness (QED) is 0.870. The van der Waals surface area contributed by atoms with Crippen LogP contribution < -0.4 is 5.32 Å². The molecule has 0 bridgehead atoms. The Morgan fingerprint density at radius 2 is 1.86 bits per heavy atom. The van der Waals surface area contributed by atoms with Gasteiger partial charge < -0.3 is 10.3 Å². The van der Waals surface area contributed by atoms with E-state index in [1.165, 1.54) is 38.4 Å². The summed E-state index contributed by atoms with van der Waals surface area (Å²) in [6.45, 7) is 0.392. The van der Waals surface area contributed by atoms with Crippen LogP contribution in [-0.2, 0) is 16.6 Å². The Morgan fingerprint density at radius 1 is 1.19 bits per heavy atom. The number of H-pyrrole nitrogens is 1. The number of nitrogens with one attached hydrogen (secondary N) is 2. The molecule has 0 aliphatic carbocycles. The molecule has 0 spiro atoms. The third-order valence-corrected chi connectivity index (χ3v) is 4.83. The molecule has 0 unspecified atom stereocenters. The van der Waals surface area contributed by atoms with Crippen molar-refractivity contribution in [3.63, 3.8) is 0 Å². The number of benzene rings is 1. The summed E-state index contributed by atoms with van der Waals surface area (Å²) in [5, 5.41) is 2.75. The zero-order chi connectivity index (χ0) is 15.5. The third-order valence-electron chi connectivity index (χ3n) is 3.00. The SMILES string of the molecule is CN(C)S(=O)(=O)c1ccc(C(=O)NCc2ccc[nH]2)cc1. The van der Waals surface area contributed by atoms with E-state index in [0.29, 0.717) is 12.1 Å². The molecule has 2 N–H and O–H groups in total. The summed E-state index contributed by atoms with van der Waals surface area (Å²) in [5.41, 5.74) is 1.31. The molecule has 0 saturated carbocycles. The predicted molar refractivity (Wildman–Crippen MR) is 79.3 cm³/mol. The fourth-order valence-corrected chi connectivity index (χ4v) is 2.65. The van der Waals surface area contributed by atoms with Crippen molar-refractivity contribution in [2.45, 2.75) is 11.4 Å². The summed E-state index contributed by atoms with van der Waals surface area (Å²) in [6.07, 6.45) is 1.78. The number of rotatable bonds is 5. The van der Waals surface area contributed by atoms with Gasteiger partial charge in [-0.2, -0.15) is 0 Å². The highest BCUT2D eigenvalue weighted by atomic mass is 32.2. The normalized spacial score (nSPS) is 11.6. The van der Waals surface area contributed by atoms with E-state index in [9.17, 15) is 13.2 Å². The number of hydrogen-bond donors (Lipinski definition) is 2. The summed E-state index contributed by atoms with van der Waals surface area (Å²) in [6, 6.07) is 9.58. The van der Waals surface area contributed by atoms with Gasteiger partial charge in [0.1, 0.15) is 0 Å². The molecule has 6 nitrogen and oxygen atoms in total. The third kappa shape index (κ3) is 3.50. The first kappa shape index (κ1) is 15.3. The molecule has 0 aliphatic rings. The van der Waals surface area contributed by atoms with Gasteiger partial charge in [-0.05, 0) is 36.4 Å². The van der Waals surface area contributed by atoms with Crippen LogP contribution in [0.25, 0.3) is 0 Å². The second-order valence-electron chi connectivity index (χ2n) is 4.69. The van der Waals surface area contributed by atoms with E-state index in [4.69, 9.17) is 0 Å². The maximum Gasteiger partial charge on any atom is 0.251 e. The highest BCUT2D eigenvalue weighted by Crippen LogP contribution is 2.14.